The second-order valence-electron chi connectivity index (χ2n) is 8.44. The van der Waals surface area contributed by atoms with E-state index in [4.69, 9.17) is 27.9 Å². The topological polar surface area (TPSA) is 21.3 Å². The van der Waals surface area contributed by atoms with Gasteiger partial charge in [0.1, 0.15) is 6.61 Å². The Morgan fingerprint density at radius 3 is 2.47 bits per heavy atom. The minimum atomic E-state index is 0.0925. The van der Waals surface area contributed by atoms with Gasteiger partial charge in [-0.3, -0.25) is 0 Å². The zero-order valence-corrected chi connectivity index (χ0v) is 19.3. The van der Waals surface area contributed by atoms with Crippen molar-refractivity contribution in [1.29, 1.82) is 0 Å². The molecule has 30 heavy (non-hydrogen) atoms. The molecule has 1 fully saturated rings. The van der Waals surface area contributed by atoms with Gasteiger partial charge in [0.25, 0.3) is 0 Å². The Kier molecular flexibility index (Phi) is 8.05. The molecule has 4 heteroatoms. The van der Waals surface area contributed by atoms with Crippen LogP contribution >= 0.6 is 23.2 Å². The number of hydrogen-bond donors (Lipinski definition) is 1. The van der Waals surface area contributed by atoms with Gasteiger partial charge in [-0.2, -0.15) is 0 Å². The summed E-state index contributed by atoms with van der Waals surface area (Å²) in [4.78, 5) is 0. The number of allylic oxidation sites excluding steroid dienone is 2. The van der Waals surface area contributed by atoms with E-state index in [1.54, 1.807) is 0 Å². The molecule has 0 amide bonds. The van der Waals surface area contributed by atoms with Gasteiger partial charge in [-0.1, -0.05) is 74.0 Å². The van der Waals surface area contributed by atoms with Crippen LogP contribution in [0.25, 0.3) is 0 Å². The van der Waals surface area contributed by atoms with Crippen molar-refractivity contribution in [2.75, 3.05) is 6.61 Å². The molecule has 0 radical (unpaired) electrons. The summed E-state index contributed by atoms with van der Waals surface area (Å²) in [5.74, 6) is 1.62. The summed E-state index contributed by atoms with van der Waals surface area (Å²) in [7, 11) is 0. The van der Waals surface area contributed by atoms with E-state index in [0.29, 0.717) is 12.5 Å². The van der Waals surface area contributed by atoms with E-state index in [1.807, 2.05) is 30.3 Å². The lowest BCUT2D eigenvalue weighted by molar-refractivity contribution is 0.138. The van der Waals surface area contributed by atoms with E-state index in [0.717, 1.165) is 28.6 Å². The minimum absolute atomic E-state index is 0.0925. The van der Waals surface area contributed by atoms with Crippen LogP contribution in [0.2, 0.25) is 10.0 Å². The van der Waals surface area contributed by atoms with Crippen molar-refractivity contribution in [1.82, 2.24) is 5.32 Å². The normalized spacial score (nSPS) is 25.2. The first kappa shape index (κ1) is 22.9. The van der Waals surface area contributed by atoms with Crippen molar-refractivity contribution in [3.8, 4) is 0 Å². The number of halogens is 2. The fourth-order valence-corrected chi connectivity index (χ4v) is 4.49. The van der Waals surface area contributed by atoms with Crippen LogP contribution in [-0.2, 0) is 4.74 Å². The quantitative estimate of drug-likeness (QED) is 0.481. The van der Waals surface area contributed by atoms with Gasteiger partial charge >= 0.3 is 0 Å². The highest BCUT2D eigenvalue weighted by Crippen LogP contribution is 2.41. The van der Waals surface area contributed by atoms with E-state index in [9.17, 15) is 0 Å². The standard InChI is InChI=1S/C26H31Cl2NO/c1-5-7-20-15-24(21-8-6-9-23(28)14-21)26(19-10-12-22(27)13-11-19)29-25(17(2)3)16-30-18(20)4/h5-6,8-14,17,20,24-26,29H,1,4,7,15-16H2,2-3H3/t20-,24+,25?,26?/m0/s1. The Morgan fingerprint density at radius 1 is 1.10 bits per heavy atom. The molecule has 3 rings (SSSR count). The van der Waals surface area contributed by atoms with E-state index in [2.05, 4.69) is 56.6 Å². The Hall–Kier alpha value is -1.74. The highest BCUT2D eigenvalue weighted by molar-refractivity contribution is 6.30. The smallest absolute Gasteiger partial charge is 0.103 e. The van der Waals surface area contributed by atoms with Gasteiger partial charge in [-0.15, -0.1) is 6.58 Å². The summed E-state index contributed by atoms with van der Waals surface area (Å²) in [6.45, 7) is 13.3. The minimum Gasteiger partial charge on any atom is -0.497 e. The van der Waals surface area contributed by atoms with E-state index < -0.39 is 0 Å². The number of rotatable bonds is 5. The van der Waals surface area contributed by atoms with Crippen LogP contribution in [0.3, 0.4) is 0 Å². The maximum Gasteiger partial charge on any atom is 0.103 e. The van der Waals surface area contributed by atoms with Crippen LogP contribution < -0.4 is 5.32 Å². The molecule has 1 saturated heterocycles. The third-order valence-corrected chi connectivity index (χ3v) is 6.49. The van der Waals surface area contributed by atoms with Gasteiger partial charge in [0, 0.05) is 34.0 Å². The third kappa shape index (κ3) is 5.69. The second kappa shape index (κ2) is 10.5. The van der Waals surface area contributed by atoms with Crippen molar-refractivity contribution in [3.05, 3.63) is 94.7 Å². The monoisotopic (exact) mass is 443 g/mol. The molecule has 0 spiro atoms. The molecule has 0 aliphatic carbocycles. The van der Waals surface area contributed by atoms with Crippen LogP contribution in [0.4, 0.5) is 0 Å². The molecule has 160 valence electrons. The van der Waals surface area contributed by atoms with Crippen LogP contribution in [0.1, 0.15) is 49.8 Å². The lowest BCUT2D eigenvalue weighted by atomic mass is 9.79. The summed E-state index contributed by atoms with van der Waals surface area (Å²) in [6, 6.07) is 16.6. The van der Waals surface area contributed by atoms with E-state index >= 15 is 0 Å². The van der Waals surface area contributed by atoms with Crippen molar-refractivity contribution in [2.24, 2.45) is 11.8 Å². The molecule has 0 bridgehead atoms. The number of ether oxygens (including phenoxy) is 1. The van der Waals surface area contributed by atoms with Crippen LogP contribution in [0.5, 0.6) is 0 Å². The highest BCUT2D eigenvalue weighted by Gasteiger charge is 2.33. The first-order chi connectivity index (χ1) is 14.4. The van der Waals surface area contributed by atoms with Crippen molar-refractivity contribution < 1.29 is 4.74 Å². The molecule has 2 aromatic carbocycles. The molecular formula is C26H31Cl2NO. The molecule has 1 aliphatic rings. The average molecular weight is 444 g/mol. The van der Waals surface area contributed by atoms with Crippen LogP contribution in [0, 0.1) is 11.8 Å². The van der Waals surface area contributed by atoms with E-state index in [1.165, 1.54) is 11.1 Å². The Balaban J connectivity index is 2.11. The largest absolute Gasteiger partial charge is 0.497 e. The molecule has 1 heterocycles. The Labute approximate surface area is 190 Å². The fourth-order valence-electron chi connectivity index (χ4n) is 4.16. The van der Waals surface area contributed by atoms with Crippen molar-refractivity contribution >= 4 is 23.2 Å². The summed E-state index contributed by atoms with van der Waals surface area (Å²) in [5, 5.41) is 5.39. The van der Waals surface area contributed by atoms with Crippen LogP contribution in [0.15, 0.2) is 73.5 Å². The Bertz CT molecular complexity index is 862. The molecular weight excluding hydrogens is 413 g/mol. The van der Waals surface area contributed by atoms with Crippen molar-refractivity contribution in [2.45, 2.75) is 44.7 Å². The van der Waals surface area contributed by atoms with Gasteiger partial charge in [0.2, 0.25) is 0 Å². The van der Waals surface area contributed by atoms with Crippen molar-refractivity contribution in [3.63, 3.8) is 0 Å². The number of hydrogen-bond acceptors (Lipinski definition) is 2. The first-order valence-electron chi connectivity index (χ1n) is 10.6. The highest BCUT2D eigenvalue weighted by atomic mass is 35.5. The second-order valence-corrected chi connectivity index (χ2v) is 9.32. The van der Waals surface area contributed by atoms with Gasteiger partial charge in [0.15, 0.2) is 0 Å². The molecule has 2 unspecified atom stereocenters. The third-order valence-electron chi connectivity index (χ3n) is 6.00. The summed E-state index contributed by atoms with van der Waals surface area (Å²) >= 11 is 12.6. The van der Waals surface area contributed by atoms with Gasteiger partial charge in [-0.05, 0) is 54.2 Å². The fraction of sp³-hybridized carbons (Fsp3) is 0.385. The summed E-state index contributed by atoms with van der Waals surface area (Å²) in [6.07, 6.45) is 3.67. The lowest BCUT2D eigenvalue weighted by Gasteiger charge is -2.34. The molecule has 1 aliphatic heterocycles. The molecule has 0 aromatic heterocycles. The van der Waals surface area contributed by atoms with Gasteiger partial charge in [0.05, 0.1) is 5.76 Å². The average Bonchev–Trinajstić information content (AvgIpc) is 2.78. The zero-order valence-electron chi connectivity index (χ0n) is 17.8. The van der Waals surface area contributed by atoms with Crippen LogP contribution in [-0.4, -0.2) is 12.6 Å². The maximum atomic E-state index is 6.39. The van der Waals surface area contributed by atoms with Gasteiger partial charge < -0.3 is 10.1 Å². The van der Waals surface area contributed by atoms with E-state index in [-0.39, 0.29) is 23.9 Å². The zero-order chi connectivity index (χ0) is 21.7. The predicted molar refractivity (Wildman–Crippen MR) is 128 cm³/mol. The Morgan fingerprint density at radius 2 is 1.83 bits per heavy atom. The predicted octanol–water partition coefficient (Wildman–Crippen LogP) is 7.56. The SMILES string of the molecule is C=CC[C@H]1C[C@H](c2cccc(Cl)c2)C(c2ccc(Cl)cc2)NC(C(C)C)COC1=C. The van der Waals surface area contributed by atoms with Gasteiger partial charge in [-0.25, -0.2) is 0 Å². The molecule has 1 N–H and O–H groups in total. The molecule has 0 saturated carbocycles. The molecule has 2 nitrogen and oxygen atoms in total. The molecule has 2 aromatic rings. The number of nitrogens with one attached hydrogen (secondary N) is 1. The number of benzene rings is 2. The lowest BCUT2D eigenvalue weighted by Crippen LogP contribution is -2.41. The summed E-state index contributed by atoms with van der Waals surface area (Å²) in [5.41, 5.74) is 2.42. The first-order valence-corrected chi connectivity index (χ1v) is 11.3. The molecule has 4 atom stereocenters. The maximum absolute atomic E-state index is 6.39. The summed E-state index contributed by atoms with van der Waals surface area (Å²) < 4.78 is 6.16.